The second-order valence-corrected chi connectivity index (χ2v) is 17.9. The third kappa shape index (κ3) is 11.5. The summed E-state index contributed by atoms with van der Waals surface area (Å²) in [4.78, 5) is 25.6. The van der Waals surface area contributed by atoms with Crippen LogP contribution in [0.2, 0.25) is 0 Å². The number of nitrogens with zero attached hydrogens (tertiary/aromatic N) is 2. The normalized spacial score (nSPS) is 18.9. The molecule has 4 aromatic rings. The number of quaternary nitrogens is 2. The zero-order chi connectivity index (χ0) is 50.6. The minimum absolute atomic E-state index is 0.0465. The van der Waals surface area contributed by atoms with Gasteiger partial charge in [-0.25, -0.2) is 9.59 Å². The largest absolute Gasteiger partial charge is 0.493 e. The smallest absolute Gasteiger partial charge is 0.384 e. The highest BCUT2D eigenvalue weighted by Crippen LogP contribution is 2.51. The minimum Gasteiger partial charge on any atom is -0.493 e. The van der Waals surface area contributed by atoms with Gasteiger partial charge in [-0.15, -0.1) is 0 Å². The maximum absolute atomic E-state index is 12.8. The van der Waals surface area contributed by atoms with Crippen LogP contribution in [0.5, 0.6) is 57.5 Å². The average molecular weight is 971 g/mol. The van der Waals surface area contributed by atoms with Gasteiger partial charge in [-0.2, -0.15) is 0 Å². The third-order valence-corrected chi connectivity index (χ3v) is 14.0. The fourth-order valence-electron chi connectivity index (χ4n) is 10.2. The molecular formula is C54H70N2O14+2. The number of fused-ring (bicyclic) bond motifs is 2. The number of ether oxygens (including phenoxy) is 12. The molecule has 0 radical (unpaired) electrons. The van der Waals surface area contributed by atoms with Crippen LogP contribution in [0.1, 0.15) is 58.3 Å². The van der Waals surface area contributed by atoms with E-state index in [0.29, 0.717) is 98.7 Å². The number of carbonyl (C=O) groups is 2. The lowest BCUT2D eigenvalue weighted by Gasteiger charge is -2.46. The molecule has 2 heterocycles. The second kappa shape index (κ2) is 23.7. The summed E-state index contributed by atoms with van der Waals surface area (Å²) in [6.07, 6.45) is 3.99. The standard InChI is InChI=1S/C54H70N2O14/c1-55(23-19-37-32-44(61-5)45(62-6)34-39(37)40(55)27-35-15-16-42(59-3)43(29-35)60-4)21-13-25-69-49(57)17-18-50(58)70-26-14-22-56(2)24-20-38-33-48(65-9)53(67-11)54(68-12)51(38)41(56)28-36-30-46(63-7)52(66-10)47(31-36)64-8/h15-16,29-34,40-41H,13-14,19-28H2,1-12H3/q+2. The second-order valence-electron chi connectivity index (χ2n) is 17.9. The van der Waals surface area contributed by atoms with E-state index in [1.807, 2.05) is 30.3 Å². The van der Waals surface area contributed by atoms with Crippen molar-refractivity contribution in [1.29, 1.82) is 0 Å². The number of likely N-dealkylation sites (N-methyl/N-ethyl adjacent to an activating group) is 2. The SMILES string of the molecule is COc1ccc(CC2c3cc(OC)c(OC)cc3CC[N+]2(C)CCCOC(=O)C#CC(=O)OCCC[N+]2(C)CCc3cc(OC)c(OC)c(OC)c3C2Cc2cc(OC)c(OC)c(OC)c2)cc1OC. The minimum atomic E-state index is -0.800. The van der Waals surface area contributed by atoms with E-state index >= 15 is 0 Å². The highest BCUT2D eigenvalue weighted by Gasteiger charge is 2.43. The molecule has 16 heteroatoms. The molecular weight excluding hydrogens is 901 g/mol. The van der Waals surface area contributed by atoms with Crippen molar-refractivity contribution < 1.29 is 75.4 Å². The highest BCUT2D eigenvalue weighted by molar-refractivity contribution is 5.98. The molecule has 378 valence electrons. The van der Waals surface area contributed by atoms with Crippen molar-refractivity contribution >= 4 is 11.9 Å². The molecule has 0 saturated heterocycles. The number of esters is 2. The summed E-state index contributed by atoms with van der Waals surface area (Å²) in [5.74, 6) is 9.09. The topological polar surface area (TPSA) is 145 Å². The molecule has 0 bridgehead atoms. The van der Waals surface area contributed by atoms with E-state index in [4.69, 9.17) is 56.8 Å². The molecule has 0 aromatic heterocycles. The van der Waals surface area contributed by atoms with Gasteiger partial charge in [0.2, 0.25) is 11.5 Å². The maximum Gasteiger partial charge on any atom is 0.384 e. The van der Waals surface area contributed by atoms with Crippen molar-refractivity contribution in [3.63, 3.8) is 0 Å². The van der Waals surface area contributed by atoms with Gasteiger partial charge >= 0.3 is 11.9 Å². The first-order valence-electron chi connectivity index (χ1n) is 23.4. The van der Waals surface area contributed by atoms with E-state index in [2.05, 4.69) is 44.1 Å². The van der Waals surface area contributed by atoms with Crippen molar-refractivity contribution in [3.05, 3.63) is 81.9 Å². The average Bonchev–Trinajstić information content (AvgIpc) is 3.38. The summed E-state index contributed by atoms with van der Waals surface area (Å²) in [6.45, 7) is 3.25. The first-order chi connectivity index (χ1) is 33.8. The van der Waals surface area contributed by atoms with E-state index in [0.717, 1.165) is 54.7 Å². The van der Waals surface area contributed by atoms with Gasteiger partial charge in [0.1, 0.15) is 12.1 Å². The van der Waals surface area contributed by atoms with Crippen molar-refractivity contribution in [2.24, 2.45) is 0 Å². The Morgan fingerprint density at radius 3 is 1.46 bits per heavy atom. The Morgan fingerprint density at radius 2 is 0.929 bits per heavy atom. The molecule has 0 amide bonds. The van der Waals surface area contributed by atoms with Gasteiger partial charge in [0, 0.05) is 55.9 Å². The molecule has 0 saturated carbocycles. The monoisotopic (exact) mass is 970 g/mol. The quantitative estimate of drug-likeness (QED) is 0.0264. The van der Waals surface area contributed by atoms with Crippen LogP contribution < -0.4 is 47.4 Å². The molecule has 6 rings (SSSR count). The van der Waals surface area contributed by atoms with Crippen LogP contribution in [0.3, 0.4) is 0 Å². The van der Waals surface area contributed by atoms with Gasteiger partial charge < -0.3 is 65.8 Å². The molecule has 0 spiro atoms. The lowest BCUT2D eigenvalue weighted by Crippen LogP contribution is -2.52. The number of hydrogen-bond donors (Lipinski definition) is 0. The van der Waals surface area contributed by atoms with Crippen LogP contribution in [0.25, 0.3) is 0 Å². The number of benzene rings is 4. The van der Waals surface area contributed by atoms with E-state index in [1.54, 1.807) is 71.1 Å². The molecule has 0 fully saturated rings. The number of rotatable bonds is 22. The zero-order valence-corrected chi connectivity index (χ0v) is 42.9. The van der Waals surface area contributed by atoms with Gasteiger partial charge in [0.05, 0.1) is 130 Å². The van der Waals surface area contributed by atoms with Gasteiger partial charge in [-0.1, -0.05) is 6.07 Å². The third-order valence-electron chi connectivity index (χ3n) is 14.0. The Morgan fingerprint density at radius 1 is 0.486 bits per heavy atom. The summed E-state index contributed by atoms with van der Waals surface area (Å²) in [5.41, 5.74) is 6.56. The van der Waals surface area contributed by atoms with E-state index < -0.39 is 11.9 Å². The van der Waals surface area contributed by atoms with Crippen LogP contribution in [0.4, 0.5) is 0 Å². The Labute approximate surface area is 412 Å². The number of carbonyl (C=O) groups excluding carboxylic acids is 2. The summed E-state index contributed by atoms with van der Waals surface area (Å²) >= 11 is 0. The summed E-state index contributed by atoms with van der Waals surface area (Å²) in [5, 5.41) is 0. The molecule has 2 aliphatic heterocycles. The van der Waals surface area contributed by atoms with E-state index in [9.17, 15) is 9.59 Å². The van der Waals surface area contributed by atoms with Gasteiger partial charge in [0.15, 0.2) is 46.0 Å². The zero-order valence-electron chi connectivity index (χ0n) is 42.9. The molecule has 0 aliphatic carbocycles. The Balaban J connectivity index is 1.09. The van der Waals surface area contributed by atoms with E-state index in [1.165, 1.54) is 11.1 Å². The van der Waals surface area contributed by atoms with Crippen molar-refractivity contribution in [3.8, 4) is 69.3 Å². The van der Waals surface area contributed by atoms with Crippen molar-refractivity contribution in [2.45, 2.75) is 50.6 Å². The molecule has 4 atom stereocenters. The highest BCUT2D eigenvalue weighted by atomic mass is 16.6. The molecule has 16 nitrogen and oxygen atoms in total. The predicted octanol–water partition coefficient (Wildman–Crippen LogP) is 6.92. The Bertz CT molecular complexity index is 2530. The van der Waals surface area contributed by atoms with Gasteiger partial charge in [0.25, 0.3) is 0 Å². The van der Waals surface area contributed by atoms with E-state index in [-0.39, 0.29) is 25.3 Å². The van der Waals surface area contributed by atoms with Gasteiger partial charge in [-0.05, 0) is 64.7 Å². The van der Waals surface area contributed by atoms with Crippen molar-refractivity contribution in [1.82, 2.24) is 0 Å². The molecule has 4 unspecified atom stereocenters. The number of hydrogen-bond acceptors (Lipinski definition) is 14. The van der Waals surface area contributed by atoms with Crippen LogP contribution >= 0.6 is 0 Å². The molecule has 0 N–H and O–H groups in total. The first kappa shape index (κ1) is 52.7. The molecule has 70 heavy (non-hydrogen) atoms. The Kier molecular flexibility index (Phi) is 17.9. The van der Waals surface area contributed by atoms with Crippen LogP contribution in [0, 0.1) is 11.8 Å². The summed E-state index contributed by atoms with van der Waals surface area (Å²) in [6, 6.07) is 16.0. The Hall–Kier alpha value is -6.70. The van der Waals surface area contributed by atoms with Gasteiger partial charge in [-0.3, -0.25) is 0 Å². The first-order valence-corrected chi connectivity index (χ1v) is 23.4. The van der Waals surface area contributed by atoms with Crippen LogP contribution in [0.15, 0.2) is 48.5 Å². The predicted molar refractivity (Wildman–Crippen MR) is 262 cm³/mol. The molecule has 4 aromatic carbocycles. The van der Waals surface area contributed by atoms with Crippen molar-refractivity contribution in [2.75, 3.05) is 125 Å². The van der Waals surface area contributed by atoms with Crippen LogP contribution in [-0.2, 0) is 44.7 Å². The van der Waals surface area contributed by atoms with Crippen LogP contribution in [-0.4, -0.2) is 145 Å². The summed E-state index contributed by atoms with van der Waals surface area (Å²) < 4.78 is 69.5. The number of methoxy groups -OCH3 is 10. The fraction of sp³-hybridized carbons (Fsp3) is 0.481. The maximum atomic E-state index is 12.8. The molecule has 2 aliphatic rings. The lowest BCUT2D eigenvalue weighted by atomic mass is 9.85. The fourth-order valence-corrected chi connectivity index (χ4v) is 10.2. The summed E-state index contributed by atoms with van der Waals surface area (Å²) in [7, 11) is 20.6. The lowest BCUT2D eigenvalue weighted by molar-refractivity contribution is -0.941.